The second-order valence-electron chi connectivity index (χ2n) is 6.49. The zero-order valence-electron chi connectivity index (χ0n) is 13.4. The van der Waals surface area contributed by atoms with Crippen LogP contribution in [0.4, 0.5) is 0 Å². The van der Waals surface area contributed by atoms with Crippen molar-refractivity contribution in [2.75, 3.05) is 12.9 Å². The number of nitrogens with two attached hydrogens (primary N) is 1. The Bertz CT molecular complexity index is 636. The van der Waals surface area contributed by atoms with E-state index < -0.39 is 0 Å². The molecule has 1 spiro atoms. The van der Waals surface area contributed by atoms with Gasteiger partial charge in [-0.3, -0.25) is 5.41 Å². The molecule has 3 N–H and O–H groups in total. The Morgan fingerprint density at radius 2 is 2.22 bits per heavy atom. The molecule has 0 bridgehead atoms. The van der Waals surface area contributed by atoms with E-state index in [0.717, 1.165) is 29.5 Å². The lowest BCUT2D eigenvalue weighted by Gasteiger charge is -2.38. The van der Waals surface area contributed by atoms with Crippen molar-refractivity contribution < 1.29 is 4.74 Å². The molecule has 124 valence electrons. The van der Waals surface area contributed by atoms with Crippen LogP contribution < -0.4 is 5.73 Å². The third kappa shape index (κ3) is 3.52. The van der Waals surface area contributed by atoms with E-state index in [1.165, 1.54) is 41.3 Å². The fourth-order valence-electron chi connectivity index (χ4n) is 4.07. The van der Waals surface area contributed by atoms with Crippen molar-refractivity contribution in [2.45, 2.75) is 38.2 Å². The summed E-state index contributed by atoms with van der Waals surface area (Å²) < 4.78 is 6.69. The Morgan fingerprint density at radius 3 is 2.87 bits per heavy atom. The lowest BCUT2D eigenvalue weighted by molar-refractivity contribution is 0.0447. The third-order valence-electron chi connectivity index (χ3n) is 5.21. The molecule has 0 atom stereocenters. The lowest BCUT2D eigenvalue weighted by atomic mass is 9.68. The van der Waals surface area contributed by atoms with Crippen LogP contribution in [0.15, 0.2) is 28.7 Å². The van der Waals surface area contributed by atoms with Crippen molar-refractivity contribution in [2.24, 2.45) is 11.1 Å². The van der Waals surface area contributed by atoms with E-state index >= 15 is 0 Å². The topological polar surface area (TPSA) is 59.1 Å². The molecule has 0 amide bonds. The molecule has 1 saturated carbocycles. The predicted molar refractivity (Wildman–Crippen MR) is 102 cm³/mol. The van der Waals surface area contributed by atoms with Gasteiger partial charge in [0, 0.05) is 17.3 Å². The Labute approximate surface area is 150 Å². The molecule has 1 aromatic carbocycles. The summed E-state index contributed by atoms with van der Waals surface area (Å²) in [6.45, 7) is 0. The molecule has 0 aliphatic heterocycles. The van der Waals surface area contributed by atoms with Gasteiger partial charge in [0.05, 0.1) is 6.10 Å². The molecule has 3 rings (SSSR count). The molecule has 0 aromatic heterocycles. The molecule has 3 nitrogen and oxygen atoms in total. The van der Waals surface area contributed by atoms with Crippen molar-refractivity contribution in [1.82, 2.24) is 0 Å². The summed E-state index contributed by atoms with van der Waals surface area (Å²) in [5.74, 6) is 0.770. The number of nitrogens with one attached hydrogen (secondary N) is 1. The minimum atomic E-state index is 0.187. The quantitative estimate of drug-likeness (QED) is 0.581. The maximum Gasteiger partial charge on any atom is 0.151 e. The first-order chi connectivity index (χ1) is 11.0. The van der Waals surface area contributed by atoms with Crippen molar-refractivity contribution in [1.29, 1.82) is 5.41 Å². The van der Waals surface area contributed by atoms with Gasteiger partial charge in [-0.15, -0.1) is 0 Å². The molecule has 0 radical (unpaired) electrons. The average molecular weight is 395 g/mol. The van der Waals surface area contributed by atoms with E-state index in [2.05, 4.69) is 40.2 Å². The summed E-state index contributed by atoms with van der Waals surface area (Å²) in [5, 5.41) is 7.61. The molecule has 1 fully saturated rings. The van der Waals surface area contributed by atoms with Crippen molar-refractivity contribution >= 4 is 38.4 Å². The smallest absolute Gasteiger partial charge is 0.151 e. The maximum atomic E-state index is 7.42. The van der Waals surface area contributed by atoms with Gasteiger partial charge in [0.25, 0.3) is 0 Å². The van der Waals surface area contributed by atoms with Gasteiger partial charge < -0.3 is 10.5 Å². The third-order valence-corrected chi connectivity index (χ3v) is 6.35. The molecule has 23 heavy (non-hydrogen) atoms. The Hall–Kier alpha value is -0.780. The fraction of sp³-hybridized carbons (Fsp3) is 0.500. The SMILES string of the molecule is COC1CCC2(CC1)Cc1ccc(Br)cc1/C2=C/CSC(=N)N. The summed E-state index contributed by atoms with van der Waals surface area (Å²) in [7, 11) is 1.82. The van der Waals surface area contributed by atoms with Crippen molar-refractivity contribution in [3.05, 3.63) is 39.9 Å². The highest BCUT2D eigenvalue weighted by Crippen LogP contribution is 2.55. The molecule has 1 aromatic rings. The van der Waals surface area contributed by atoms with Crippen LogP contribution in [0.2, 0.25) is 0 Å². The Balaban J connectivity index is 1.91. The monoisotopic (exact) mass is 394 g/mol. The summed E-state index contributed by atoms with van der Waals surface area (Å²) in [5.41, 5.74) is 10.0. The maximum absolute atomic E-state index is 7.42. The molecule has 2 aliphatic carbocycles. The first kappa shape index (κ1) is 17.1. The van der Waals surface area contributed by atoms with Crippen LogP contribution in [-0.2, 0) is 11.2 Å². The number of fused-ring (bicyclic) bond motifs is 1. The van der Waals surface area contributed by atoms with Crippen LogP contribution in [-0.4, -0.2) is 24.1 Å². The minimum absolute atomic E-state index is 0.187. The molecule has 0 heterocycles. The molecule has 2 aliphatic rings. The summed E-state index contributed by atoms with van der Waals surface area (Å²) in [6.07, 6.45) is 8.44. The average Bonchev–Trinajstić information content (AvgIpc) is 2.81. The van der Waals surface area contributed by atoms with Crippen LogP contribution in [0.3, 0.4) is 0 Å². The van der Waals surface area contributed by atoms with Gasteiger partial charge in [0.1, 0.15) is 0 Å². The number of rotatable bonds is 3. The number of thioether (sulfide) groups is 1. The Kier molecular flexibility index (Phi) is 5.19. The van der Waals surface area contributed by atoms with Gasteiger partial charge in [-0.25, -0.2) is 0 Å². The number of amidine groups is 1. The van der Waals surface area contributed by atoms with Gasteiger partial charge >= 0.3 is 0 Å². The highest BCUT2D eigenvalue weighted by molar-refractivity contribution is 9.10. The number of halogens is 1. The van der Waals surface area contributed by atoms with Crippen LogP contribution in [0.5, 0.6) is 0 Å². The van der Waals surface area contributed by atoms with E-state index in [-0.39, 0.29) is 10.6 Å². The number of hydrogen-bond donors (Lipinski definition) is 2. The second-order valence-corrected chi connectivity index (χ2v) is 8.46. The lowest BCUT2D eigenvalue weighted by Crippen LogP contribution is -2.30. The number of ether oxygens (including phenoxy) is 1. The fourth-order valence-corrected chi connectivity index (χ4v) is 4.86. The molecular weight excluding hydrogens is 372 g/mol. The standard InChI is InChI=1S/C18H23BrN2OS/c1-22-14-4-7-18(8-5-14)11-12-2-3-13(19)10-15(12)16(18)6-9-23-17(20)21/h2-3,6,10,14H,4-5,7-9,11H2,1H3,(H3,20,21)/b16-6-. The zero-order valence-corrected chi connectivity index (χ0v) is 15.8. The second kappa shape index (κ2) is 6.99. The zero-order chi connectivity index (χ0) is 16.4. The van der Waals surface area contributed by atoms with Crippen LogP contribution >= 0.6 is 27.7 Å². The summed E-state index contributed by atoms with van der Waals surface area (Å²) in [6, 6.07) is 6.64. The highest BCUT2D eigenvalue weighted by Gasteiger charge is 2.43. The van der Waals surface area contributed by atoms with E-state index in [9.17, 15) is 0 Å². The van der Waals surface area contributed by atoms with Gasteiger partial charge in [-0.2, -0.15) is 0 Å². The van der Waals surface area contributed by atoms with Crippen LogP contribution in [0.1, 0.15) is 36.8 Å². The molecule has 0 unspecified atom stereocenters. The van der Waals surface area contributed by atoms with Crippen molar-refractivity contribution in [3.63, 3.8) is 0 Å². The van der Waals surface area contributed by atoms with Crippen LogP contribution in [0.25, 0.3) is 5.57 Å². The molecular formula is C18H23BrN2OS. The minimum Gasteiger partial charge on any atom is -0.381 e. The number of allylic oxidation sites excluding steroid dienone is 1. The largest absolute Gasteiger partial charge is 0.381 e. The summed E-state index contributed by atoms with van der Waals surface area (Å²) in [4.78, 5) is 0. The van der Waals surface area contributed by atoms with E-state index in [0.29, 0.717) is 6.10 Å². The van der Waals surface area contributed by atoms with Gasteiger partial charge in [0.15, 0.2) is 5.17 Å². The Morgan fingerprint density at radius 1 is 1.48 bits per heavy atom. The first-order valence-electron chi connectivity index (χ1n) is 8.03. The van der Waals surface area contributed by atoms with Gasteiger partial charge in [0.2, 0.25) is 0 Å². The number of methoxy groups -OCH3 is 1. The number of hydrogen-bond acceptors (Lipinski definition) is 3. The van der Waals surface area contributed by atoms with Crippen LogP contribution in [0, 0.1) is 10.8 Å². The highest BCUT2D eigenvalue weighted by atomic mass is 79.9. The normalized spacial score (nSPS) is 28.3. The van der Waals surface area contributed by atoms with Crippen molar-refractivity contribution in [3.8, 4) is 0 Å². The van der Waals surface area contributed by atoms with Gasteiger partial charge in [-0.05, 0) is 66.4 Å². The van der Waals surface area contributed by atoms with E-state index in [1.54, 1.807) is 0 Å². The molecule has 5 heteroatoms. The first-order valence-corrected chi connectivity index (χ1v) is 9.81. The predicted octanol–water partition coefficient (Wildman–Crippen LogP) is 4.59. The number of benzene rings is 1. The van der Waals surface area contributed by atoms with Gasteiger partial charge in [-0.1, -0.05) is 39.8 Å². The molecule has 0 saturated heterocycles. The van der Waals surface area contributed by atoms with E-state index in [1.807, 2.05) is 7.11 Å². The summed E-state index contributed by atoms with van der Waals surface area (Å²) >= 11 is 5.01. The van der Waals surface area contributed by atoms with E-state index in [4.69, 9.17) is 15.9 Å².